The molecule has 0 spiro atoms. The van der Waals surface area contributed by atoms with E-state index in [1.807, 2.05) is 11.8 Å². The fraction of sp³-hybridized carbons (Fsp3) is 0. The van der Waals surface area contributed by atoms with Crippen LogP contribution < -0.4 is 37.7 Å². The van der Waals surface area contributed by atoms with Gasteiger partial charge in [-0.15, -0.1) is 0 Å². The number of rotatable bonds is 1. The molecule has 0 saturated carbocycles. The van der Waals surface area contributed by atoms with Crippen LogP contribution in [0.5, 0.6) is 0 Å². The molecular formula is C30H19B2NS. The molecular weight excluding hydrogens is 428 g/mol. The van der Waals surface area contributed by atoms with Gasteiger partial charge in [0.05, 0.1) is 0 Å². The van der Waals surface area contributed by atoms with Gasteiger partial charge >= 0.3 is 0 Å². The Labute approximate surface area is 204 Å². The van der Waals surface area contributed by atoms with Gasteiger partial charge in [0.1, 0.15) is 0 Å². The largest absolute Gasteiger partial charge is 0.312 e. The Kier molecular flexibility index (Phi) is 3.83. The lowest BCUT2D eigenvalue weighted by molar-refractivity contribution is 1.28. The van der Waals surface area contributed by atoms with Gasteiger partial charge in [0, 0.05) is 26.9 Å². The summed E-state index contributed by atoms with van der Waals surface area (Å²) in [5, 5.41) is 0. The first kappa shape index (κ1) is 18.8. The van der Waals surface area contributed by atoms with Crippen LogP contribution in [0.1, 0.15) is 0 Å². The van der Waals surface area contributed by atoms with E-state index in [1.54, 1.807) is 0 Å². The minimum Gasteiger partial charge on any atom is -0.312 e. The lowest BCUT2D eigenvalue weighted by Gasteiger charge is -2.44. The highest BCUT2D eigenvalue weighted by molar-refractivity contribution is 8.00. The topological polar surface area (TPSA) is 3.24 Å². The van der Waals surface area contributed by atoms with E-state index >= 15 is 0 Å². The zero-order valence-corrected chi connectivity index (χ0v) is 19.3. The van der Waals surface area contributed by atoms with Crippen LogP contribution in [0.15, 0.2) is 125 Å². The molecule has 3 aliphatic rings. The molecule has 0 aromatic heterocycles. The summed E-state index contributed by atoms with van der Waals surface area (Å²) in [6.07, 6.45) is 0. The van der Waals surface area contributed by atoms with Crippen molar-refractivity contribution in [3.05, 3.63) is 115 Å². The Balaban J connectivity index is 1.51. The highest BCUT2D eigenvalue weighted by Gasteiger charge is 2.47. The van der Waals surface area contributed by atoms with Crippen LogP contribution in [0.4, 0.5) is 17.1 Å². The first-order chi connectivity index (χ1) is 16.9. The third-order valence-electron chi connectivity index (χ3n) is 7.61. The van der Waals surface area contributed by atoms with Crippen LogP contribution in [-0.2, 0) is 0 Å². The molecule has 0 N–H and O–H groups in total. The number of anilines is 3. The normalized spacial score (nSPS) is 14.2. The molecule has 5 aromatic rings. The minimum absolute atomic E-state index is 0.249. The van der Waals surface area contributed by atoms with E-state index in [1.165, 1.54) is 59.6 Å². The van der Waals surface area contributed by atoms with E-state index in [0.717, 1.165) is 0 Å². The van der Waals surface area contributed by atoms with Crippen molar-refractivity contribution in [3.63, 3.8) is 0 Å². The van der Waals surface area contributed by atoms with Crippen molar-refractivity contribution < 1.29 is 0 Å². The maximum Gasteiger partial charge on any atom is 0.245 e. The molecule has 8 rings (SSSR count). The molecule has 0 unspecified atom stereocenters. The molecule has 3 aliphatic heterocycles. The summed E-state index contributed by atoms with van der Waals surface area (Å²) in [5.41, 5.74) is 12.5. The second-order valence-corrected chi connectivity index (χ2v) is 10.4. The van der Waals surface area contributed by atoms with Gasteiger partial charge in [-0.25, -0.2) is 0 Å². The van der Waals surface area contributed by atoms with Crippen molar-refractivity contribution in [3.8, 4) is 0 Å². The van der Waals surface area contributed by atoms with Crippen molar-refractivity contribution in [2.75, 3.05) is 4.90 Å². The summed E-state index contributed by atoms with van der Waals surface area (Å²) < 4.78 is 0. The highest BCUT2D eigenvalue weighted by atomic mass is 32.2. The predicted molar refractivity (Wildman–Crippen MR) is 147 cm³/mol. The Bertz CT molecular complexity index is 1600. The van der Waals surface area contributed by atoms with E-state index in [0.29, 0.717) is 0 Å². The molecule has 1 nitrogen and oxygen atoms in total. The molecule has 0 aliphatic carbocycles. The van der Waals surface area contributed by atoms with E-state index in [9.17, 15) is 0 Å². The van der Waals surface area contributed by atoms with Crippen molar-refractivity contribution in [2.24, 2.45) is 0 Å². The maximum absolute atomic E-state index is 2.47. The molecule has 156 valence electrons. The quantitative estimate of drug-likeness (QED) is 0.356. The second kappa shape index (κ2) is 6.94. The minimum atomic E-state index is 0.249. The Hall–Kier alpha value is -3.62. The van der Waals surface area contributed by atoms with Gasteiger partial charge in [0.25, 0.3) is 0 Å². The SMILES string of the molecule is c1ccc(N2c3ccccc3B3c4ccccc4B4c5ccccc5Sc5ccc2c3c54)cc1. The standard InChI is InChI=1S/C30H19B2NS/c1-2-10-20(11-3-1)33-25-16-8-6-14-23(25)31-21-12-4-5-13-22(21)32-24-15-7-9-17-27(24)34-28-19-18-26(33)29(31)30(28)32/h1-19H. The van der Waals surface area contributed by atoms with Crippen molar-refractivity contribution >= 4 is 75.0 Å². The molecule has 5 aromatic carbocycles. The van der Waals surface area contributed by atoms with Gasteiger partial charge in [0.2, 0.25) is 13.4 Å². The number of nitrogens with zero attached hydrogens (tertiary/aromatic N) is 1. The average Bonchev–Trinajstić information content (AvgIpc) is 2.91. The van der Waals surface area contributed by atoms with Crippen LogP contribution in [-0.4, -0.2) is 13.4 Å². The van der Waals surface area contributed by atoms with Gasteiger partial charge in [-0.3, -0.25) is 0 Å². The number of hydrogen-bond donors (Lipinski definition) is 0. The van der Waals surface area contributed by atoms with Gasteiger partial charge in [-0.2, -0.15) is 0 Å². The number of hydrogen-bond acceptors (Lipinski definition) is 2. The summed E-state index contributed by atoms with van der Waals surface area (Å²) in [6, 6.07) is 42.6. The van der Waals surface area contributed by atoms with E-state index in [2.05, 4.69) is 120 Å². The summed E-state index contributed by atoms with van der Waals surface area (Å²) >= 11 is 1.93. The molecule has 4 heteroatoms. The Morgan fingerprint density at radius 2 is 1.06 bits per heavy atom. The van der Waals surface area contributed by atoms with Crippen LogP contribution in [0.3, 0.4) is 0 Å². The third-order valence-corrected chi connectivity index (χ3v) is 8.78. The van der Waals surface area contributed by atoms with Crippen LogP contribution in [0.2, 0.25) is 0 Å². The predicted octanol–water partition coefficient (Wildman–Crippen LogP) is 3.28. The Morgan fingerprint density at radius 3 is 1.85 bits per heavy atom. The first-order valence-corrected chi connectivity index (χ1v) is 12.7. The van der Waals surface area contributed by atoms with Crippen molar-refractivity contribution in [1.82, 2.24) is 0 Å². The summed E-state index contributed by atoms with van der Waals surface area (Å²) in [4.78, 5) is 5.25. The first-order valence-electron chi connectivity index (χ1n) is 11.9. The molecule has 0 fully saturated rings. The molecule has 0 bridgehead atoms. The fourth-order valence-electron chi connectivity index (χ4n) is 6.33. The molecule has 0 amide bonds. The van der Waals surface area contributed by atoms with Gasteiger partial charge in [-0.1, -0.05) is 112 Å². The van der Waals surface area contributed by atoms with Crippen molar-refractivity contribution in [2.45, 2.75) is 9.79 Å². The van der Waals surface area contributed by atoms with Gasteiger partial charge in [0.15, 0.2) is 0 Å². The number of benzene rings is 5. The molecule has 0 saturated heterocycles. The number of fused-ring (bicyclic) bond motifs is 7. The highest BCUT2D eigenvalue weighted by Crippen LogP contribution is 2.38. The van der Waals surface area contributed by atoms with Gasteiger partial charge in [-0.05, 0) is 47.3 Å². The summed E-state index contributed by atoms with van der Waals surface area (Å²) in [7, 11) is 0. The lowest BCUT2D eigenvalue weighted by Crippen LogP contribution is -2.77. The maximum atomic E-state index is 2.47. The van der Waals surface area contributed by atoms with E-state index in [-0.39, 0.29) is 13.4 Å². The summed E-state index contributed by atoms with van der Waals surface area (Å²) in [6.45, 7) is 0.525. The smallest absolute Gasteiger partial charge is 0.245 e. The zero-order valence-electron chi connectivity index (χ0n) is 18.5. The molecule has 3 heterocycles. The van der Waals surface area contributed by atoms with Crippen LogP contribution >= 0.6 is 11.8 Å². The van der Waals surface area contributed by atoms with E-state index in [4.69, 9.17) is 0 Å². The van der Waals surface area contributed by atoms with Crippen LogP contribution in [0.25, 0.3) is 0 Å². The second-order valence-electron chi connectivity index (χ2n) is 9.27. The monoisotopic (exact) mass is 447 g/mol. The van der Waals surface area contributed by atoms with Crippen LogP contribution in [0, 0.1) is 0 Å². The molecule has 34 heavy (non-hydrogen) atoms. The average molecular weight is 447 g/mol. The molecule has 0 atom stereocenters. The number of para-hydroxylation sites is 2. The fourth-order valence-corrected chi connectivity index (χ4v) is 7.50. The van der Waals surface area contributed by atoms with Gasteiger partial charge < -0.3 is 4.90 Å². The Morgan fingerprint density at radius 1 is 0.441 bits per heavy atom. The molecule has 0 radical (unpaired) electrons. The lowest BCUT2D eigenvalue weighted by atomic mass is 9.20. The zero-order chi connectivity index (χ0) is 22.2. The third kappa shape index (κ3) is 2.39. The van der Waals surface area contributed by atoms with Crippen molar-refractivity contribution in [1.29, 1.82) is 0 Å². The summed E-state index contributed by atoms with van der Waals surface area (Å²) in [5.74, 6) is 0. The van der Waals surface area contributed by atoms with E-state index < -0.39 is 0 Å².